The number of carbonyl (C=O) groups is 2. The summed E-state index contributed by atoms with van der Waals surface area (Å²) < 4.78 is 11.9. The molecule has 2 fully saturated rings. The van der Waals surface area contributed by atoms with Gasteiger partial charge in [-0.05, 0) is 49.1 Å². The van der Waals surface area contributed by atoms with Crippen molar-refractivity contribution >= 4 is 34.6 Å². The van der Waals surface area contributed by atoms with E-state index in [2.05, 4.69) is 14.1 Å². The van der Waals surface area contributed by atoms with Gasteiger partial charge < -0.3 is 19.1 Å². The fourth-order valence-electron chi connectivity index (χ4n) is 5.97. The third-order valence-electron chi connectivity index (χ3n) is 7.32. The lowest BCUT2D eigenvalue weighted by atomic mass is 9.96. The topological polar surface area (TPSA) is 75.7 Å². The highest BCUT2D eigenvalue weighted by Crippen LogP contribution is 2.51. The van der Waals surface area contributed by atoms with E-state index in [1.807, 2.05) is 17.7 Å². The van der Waals surface area contributed by atoms with Crippen LogP contribution in [0.2, 0.25) is 0 Å². The summed E-state index contributed by atoms with van der Waals surface area (Å²) in [5.74, 6) is -0.119. The molecule has 2 saturated carbocycles. The predicted molar refractivity (Wildman–Crippen MR) is 127 cm³/mol. The molecule has 2 bridgehead atoms. The van der Waals surface area contributed by atoms with Crippen molar-refractivity contribution in [2.75, 3.05) is 27.2 Å². The Morgan fingerprint density at radius 1 is 1.15 bits per heavy atom. The first kappa shape index (κ1) is 24.4. The van der Waals surface area contributed by atoms with Crippen LogP contribution < -0.4 is 5.11 Å². The summed E-state index contributed by atoms with van der Waals surface area (Å²) >= 11 is 2.60. The number of carbonyl (C=O) groups excluding carboxylic acids is 2. The molecule has 2 heterocycles. The molecule has 2 aromatic heterocycles. The van der Waals surface area contributed by atoms with E-state index in [1.165, 1.54) is 22.7 Å². The van der Waals surface area contributed by atoms with Gasteiger partial charge in [0.2, 0.25) is 0 Å². The Morgan fingerprint density at radius 3 is 2.39 bits per heavy atom. The van der Waals surface area contributed by atoms with Crippen LogP contribution in [0.4, 0.5) is 0 Å². The van der Waals surface area contributed by atoms with E-state index in [-0.39, 0.29) is 18.0 Å². The highest BCUT2D eigenvalue weighted by Gasteiger charge is 2.57. The van der Waals surface area contributed by atoms with Crippen LogP contribution in [0.1, 0.15) is 48.8 Å². The molecule has 180 valence electrons. The molecule has 0 aliphatic heterocycles. The van der Waals surface area contributed by atoms with Gasteiger partial charge in [-0.3, -0.25) is 9.59 Å². The molecule has 2 unspecified atom stereocenters. The largest absolute Gasteiger partial charge is 0.833 e. The fourth-order valence-corrected chi connectivity index (χ4v) is 7.68. The Hall–Kier alpha value is -1.74. The standard InChI is InChI=1S/C25H33NO5S2/c1-4-30-22(27)10-5-13-26(2,3)23-17-11-12-18(23)19(16-17)31-24(28)25(29,20-8-6-14-32-20)21-9-7-15-33-21/h6-9,14-15,17-19,23H,4-5,10-13,16H2,1-3H3/t17?,18-,19+,23?/m0/s1. The summed E-state index contributed by atoms with van der Waals surface area (Å²) in [7, 11) is 4.42. The van der Waals surface area contributed by atoms with E-state index in [1.54, 1.807) is 24.3 Å². The first-order valence-electron chi connectivity index (χ1n) is 11.7. The number of nitrogens with zero attached hydrogens (tertiary/aromatic N) is 1. The number of hydrogen-bond acceptors (Lipinski definition) is 7. The maximum Gasteiger partial charge on any atom is 0.306 e. The summed E-state index contributed by atoms with van der Waals surface area (Å²) in [5, 5.41) is 17.6. The minimum atomic E-state index is -2.01. The number of esters is 2. The molecule has 0 amide bonds. The lowest BCUT2D eigenvalue weighted by molar-refractivity contribution is -0.919. The number of quaternary nitrogens is 1. The van der Waals surface area contributed by atoms with Gasteiger partial charge in [0.15, 0.2) is 0 Å². The van der Waals surface area contributed by atoms with Crippen LogP contribution in [0.25, 0.3) is 0 Å². The van der Waals surface area contributed by atoms with Gasteiger partial charge in [0.25, 0.3) is 0 Å². The summed E-state index contributed by atoms with van der Waals surface area (Å²) in [6, 6.07) is 7.43. The Bertz CT molecular complexity index is 906. The Labute approximate surface area is 203 Å². The molecule has 0 spiro atoms. The summed E-state index contributed by atoms with van der Waals surface area (Å²) in [6.07, 6.45) is 3.92. The van der Waals surface area contributed by atoms with E-state index >= 15 is 0 Å². The van der Waals surface area contributed by atoms with E-state index in [0.29, 0.717) is 34.7 Å². The van der Waals surface area contributed by atoms with Gasteiger partial charge in [-0.15, -0.1) is 22.7 Å². The lowest BCUT2D eigenvalue weighted by Crippen LogP contribution is -2.53. The molecular weight excluding hydrogens is 458 g/mol. The molecular formula is C25H33NO5S2. The first-order valence-corrected chi connectivity index (χ1v) is 13.5. The average Bonchev–Trinajstić information content (AvgIpc) is 3.58. The minimum absolute atomic E-state index is 0.146. The van der Waals surface area contributed by atoms with Crippen LogP contribution in [0.3, 0.4) is 0 Å². The number of ether oxygens (including phenoxy) is 2. The lowest BCUT2D eigenvalue weighted by Gasteiger charge is -2.40. The van der Waals surface area contributed by atoms with Crippen molar-refractivity contribution in [1.29, 1.82) is 0 Å². The van der Waals surface area contributed by atoms with Gasteiger partial charge in [0.05, 0.1) is 45.3 Å². The third-order valence-corrected chi connectivity index (χ3v) is 9.26. The normalized spacial score (nSPS) is 24.7. The summed E-state index contributed by atoms with van der Waals surface area (Å²) in [6.45, 7) is 3.10. The molecule has 0 radical (unpaired) electrons. The first-order chi connectivity index (χ1) is 15.8. The molecule has 2 aromatic rings. The summed E-state index contributed by atoms with van der Waals surface area (Å²) in [4.78, 5) is 26.1. The second-order valence-electron chi connectivity index (χ2n) is 9.72. The molecule has 4 rings (SSSR count). The average molecular weight is 492 g/mol. The molecule has 0 aromatic carbocycles. The highest BCUT2D eigenvalue weighted by atomic mass is 32.1. The molecule has 6 nitrogen and oxygen atoms in total. The van der Waals surface area contributed by atoms with Gasteiger partial charge in [-0.2, -0.15) is 0 Å². The van der Waals surface area contributed by atoms with Crippen molar-refractivity contribution in [3.8, 4) is 0 Å². The minimum Gasteiger partial charge on any atom is -0.833 e. The monoisotopic (exact) mass is 491 g/mol. The van der Waals surface area contributed by atoms with E-state index in [4.69, 9.17) is 9.47 Å². The zero-order valence-corrected chi connectivity index (χ0v) is 21.2. The van der Waals surface area contributed by atoms with Gasteiger partial charge in [0, 0.05) is 28.0 Å². The van der Waals surface area contributed by atoms with Crippen LogP contribution in [-0.4, -0.2) is 55.8 Å². The van der Waals surface area contributed by atoms with Crippen molar-refractivity contribution < 1.29 is 28.7 Å². The Kier molecular flexibility index (Phi) is 7.29. The zero-order chi connectivity index (χ0) is 23.6. The smallest absolute Gasteiger partial charge is 0.306 e. The molecule has 0 N–H and O–H groups in total. The number of fused-ring (bicyclic) bond motifs is 2. The maximum atomic E-state index is 14.0. The van der Waals surface area contributed by atoms with E-state index < -0.39 is 11.6 Å². The Balaban J connectivity index is 1.45. The second-order valence-corrected chi connectivity index (χ2v) is 11.6. The second kappa shape index (κ2) is 9.86. The van der Waals surface area contributed by atoms with Crippen molar-refractivity contribution in [2.24, 2.45) is 11.8 Å². The van der Waals surface area contributed by atoms with Crippen LogP contribution >= 0.6 is 22.7 Å². The molecule has 4 atom stereocenters. The van der Waals surface area contributed by atoms with Gasteiger partial charge in [0.1, 0.15) is 6.10 Å². The van der Waals surface area contributed by atoms with E-state index in [0.717, 1.165) is 36.7 Å². The predicted octanol–water partition coefficient (Wildman–Crippen LogP) is 3.54. The number of rotatable bonds is 10. The van der Waals surface area contributed by atoms with E-state index in [9.17, 15) is 14.7 Å². The highest BCUT2D eigenvalue weighted by molar-refractivity contribution is 7.12. The van der Waals surface area contributed by atoms with Gasteiger partial charge in [-0.1, -0.05) is 12.1 Å². The van der Waals surface area contributed by atoms with Crippen molar-refractivity contribution in [2.45, 2.75) is 56.8 Å². The molecule has 2 aliphatic rings. The molecule has 33 heavy (non-hydrogen) atoms. The van der Waals surface area contributed by atoms with Gasteiger partial charge in [-0.25, -0.2) is 0 Å². The zero-order valence-electron chi connectivity index (χ0n) is 19.5. The molecule has 0 saturated heterocycles. The third kappa shape index (κ3) is 4.76. The quantitative estimate of drug-likeness (QED) is 0.375. The van der Waals surface area contributed by atoms with Crippen molar-refractivity contribution in [3.05, 3.63) is 44.8 Å². The fraction of sp³-hybridized carbons (Fsp3) is 0.600. The number of thiophene rings is 2. The van der Waals surface area contributed by atoms with Crippen molar-refractivity contribution in [1.82, 2.24) is 0 Å². The van der Waals surface area contributed by atoms with Crippen molar-refractivity contribution in [3.63, 3.8) is 0 Å². The SMILES string of the molecule is CCOC(=O)CCC[N+](C)(C)C1C2CC[C@H]1[C@H](OC(=O)C([O-])(c1cccs1)c1cccs1)C2. The molecule has 2 aliphatic carbocycles. The maximum absolute atomic E-state index is 14.0. The number of hydrogen-bond donors (Lipinski definition) is 0. The van der Waals surface area contributed by atoms with Crippen LogP contribution in [0.15, 0.2) is 35.0 Å². The van der Waals surface area contributed by atoms with Crippen LogP contribution in [0.5, 0.6) is 0 Å². The molecule has 8 heteroatoms. The Morgan fingerprint density at radius 2 is 1.82 bits per heavy atom. The van der Waals surface area contributed by atoms with Gasteiger partial charge >= 0.3 is 11.9 Å². The van der Waals surface area contributed by atoms with Crippen LogP contribution in [-0.2, 0) is 24.7 Å². The summed E-state index contributed by atoms with van der Waals surface area (Å²) in [5.41, 5.74) is -2.01. The van der Waals surface area contributed by atoms with Crippen LogP contribution in [0, 0.1) is 11.8 Å².